The number of ether oxygens (including phenoxy) is 2. The van der Waals surface area contributed by atoms with Gasteiger partial charge in [0, 0.05) is 17.3 Å². The van der Waals surface area contributed by atoms with Gasteiger partial charge in [-0.15, -0.1) is 0 Å². The van der Waals surface area contributed by atoms with Crippen LogP contribution >= 0.6 is 11.6 Å². The second-order valence-electron chi connectivity index (χ2n) is 5.62. The molecule has 0 spiro atoms. The van der Waals surface area contributed by atoms with Crippen molar-refractivity contribution in [3.63, 3.8) is 0 Å². The summed E-state index contributed by atoms with van der Waals surface area (Å²) in [5, 5.41) is 4.11. The molecular weight excluding hydrogens is 334 g/mol. The molecule has 3 rings (SSSR count). The Hall–Kier alpha value is -2.65. The van der Waals surface area contributed by atoms with Gasteiger partial charge in [0.15, 0.2) is 11.5 Å². The summed E-state index contributed by atoms with van der Waals surface area (Å²) in [5.41, 5.74) is 3.27. The first-order valence-electron chi connectivity index (χ1n) is 8.07. The molecule has 3 aromatic carbocycles. The first-order valence-corrected chi connectivity index (χ1v) is 8.45. The fraction of sp³-hybridized carbons (Fsp3) is 0.143. The standard InChI is InChI=1S/C21H20ClNO2/c1-24-21-13-17(14-23-19-5-3-2-4-6-19)9-12-20(21)25-15-16-7-10-18(22)11-8-16/h2-13,23H,14-15H2,1H3. The SMILES string of the molecule is COc1cc(CNc2ccccc2)ccc1OCc1ccc(Cl)cc1. The van der Waals surface area contributed by atoms with Gasteiger partial charge in [-0.25, -0.2) is 0 Å². The van der Waals surface area contributed by atoms with E-state index in [4.69, 9.17) is 21.1 Å². The number of hydrogen-bond acceptors (Lipinski definition) is 3. The number of methoxy groups -OCH3 is 1. The Labute approximate surface area is 153 Å². The molecule has 0 aromatic heterocycles. The summed E-state index contributed by atoms with van der Waals surface area (Å²) < 4.78 is 11.4. The minimum absolute atomic E-state index is 0.467. The summed E-state index contributed by atoms with van der Waals surface area (Å²) in [5.74, 6) is 1.45. The van der Waals surface area contributed by atoms with Gasteiger partial charge in [-0.1, -0.05) is 48.0 Å². The van der Waals surface area contributed by atoms with Crippen LogP contribution in [0.3, 0.4) is 0 Å². The smallest absolute Gasteiger partial charge is 0.161 e. The van der Waals surface area contributed by atoms with E-state index in [0.717, 1.165) is 39.9 Å². The summed E-state index contributed by atoms with van der Waals surface area (Å²) in [4.78, 5) is 0. The quantitative estimate of drug-likeness (QED) is 0.605. The van der Waals surface area contributed by atoms with Crippen molar-refractivity contribution < 1.29 is 9.47 Å². The van der Waals surface area contributed by atoms with E-state index in [2.05, 4.69) is 5.32 Å². The molecule has 1 N–H and O–H groups in total. The molecule has 0 saturated carbocycles. The van der Waals surface area contributed by atoms with Crippen molar-refractivity contribution in [2.45, 2.75) is 13.2 Å². The molecule has 0 saturated heterocycles. The first kappa shape index (κ1) is 17.2. The summed E-state index contributed by atoms with van der Waals surface area (Å²) in [6.07, 6.45) is 0. The van der Waals surface area contributed by atoms with E-state index in [-0.39, 0.29) is 0 Å². The molecule has 0 aliphatic rings. The minimum Gasteiger partial charge on any atom is -0.493 e. The number of para-hydroxylation sites is 1. The maximum absolute atomic E-state index is 5.90. The second kappa shape index (κ2) is 8.45. The molecule has 128 valence electrons. The monoisotopic (exact) mass is 353 g/mol. The summed E-state index contributed by atoms with van der Waals surface area (Å²) in [7, 11) is 1.65. The zero-order valence-electron chi connectivity index (χ0n) is 14.0. The number of hydrogen-bond donors (Lipinski definition) is 1. The lowest BCUT2D eigenvalue weighted by atomic mass is 10.2. The Morgan fingerprint density at radius 1 is 0.840 bits per heavy atom. The molecule has 0 amide bonds. The van der Waals surface area contributed by atoms with Crippen molar-refractivity contribution in [2.75, 3.05) is 12.4 Å². The molecule has 0 bridgehead atoms. The van der Waals surface area contributed by atoms with Crippen LogP contribution in [0.4, 0.5) is 5.69 Å². The van der Waals surface area contributed by atoms with Crippen LogP contribution in [0.2, 0.25) is 5.02 Å². The van der Waals surface area contributed by atoms with Gasteiger partial charge >= 0.3 is 0 Å². The van der Waals surface area contributed by atoms with Gasteiger partial charge in [0.05, 0.1) is 7.11 Å². The third kappa shape index (κ3) is 4.91. The van der Waals surface area contributed by atoms with Gasteiger partial charge in [-0.05, 0) is 47.5 Å². The van der Waals surface area contributed by atoms with E-state index in [1.54, 1.807) is 7.11 Å². The lowest BCUT2D eigenvalue weighted by molar-refractivity contribution is 0.284. The van der Waals surface area contributed by atoms with Gasteiger partial charge < -0.3 is 14.8 Å². The zero-order chi connectivity index (χ0) is 17.5. The van der Waals surface area contributed by atoms with E-state index in [9.17, 15) is 0 Å². The highest BCUT2D eigenvalue weighted by atomic mass is 35.5. The Morgan fingerprint density at radius 2 is 1.56 bits per heavy atom. The largest absolute Gasteiger partial charge is 0.493 e. The second-order valence-corrected chi connectivity index (χ2v) is 6.06. The molecule has 0 radical (unpaired) electrons. The molecule has 3 nitrogen and oxygen atoms in total. The van der Waals surface area contributed by atoms with Gasteiger partial charge in [-0.2, -0.15) is 0 Å². The topological polar surface area (TPSA) is 30.5 Å². The van der Waals surface area contributed by atoms with Gasteiger partial charge in [0.25, 0.3) is 0 Å². The minimum atomic E-state index is 0.467. The Balaban J connectivity index is 1.63. The highest BCUT2D eigenvalue weighted by Gasteiger charge is 2.06. The summed E-state index contributed by atoms with van der Waals surface area (Å²) >= 11 is 5.90. The maximum atomic E-state index is 5.90. The van der Waals surface area contributed by atoms with E-state index >= 15 is 0 Å². The molecule has 0 atom stereocenters. The van der Waals surface area contributed by atoms with Crippen LogP contribution in [0, 0.1) is 0 Å². The highest BCUT2D eigenvalue weighted by Crippen LogP contribution is 2.29. The normalized spacial score (nSPS) is 10.3. The highest BCUT2D eigenvalue weighted by molar-refractivity contribution is 6.30. The Bertz CT molecular complexity index is 804. The molecule has 4 heteroatoms. The van der Waals surface area contributed by atoms with Crippen molar-refractivity contribution in [1.82, 2.24) is 0 Å². The molecular formula is C21H20ClNO2. The fourth-order valence-corrected chi connectivity index (χ4v) is 2.57. The van der Waals surface area contributed by atoms with E-state index in [1.165, 1.54) is 0 Å². The lowest BCUT2D eigenvalue weighted by Crippen LogP contribution is -2.01. The average molecular weight is 354 g/mol. The van der Waals surface area contributed by atoms with Crippen molar-refractivity contribution in [1.29, 1.82) is 0 Å². The summed E-state index contributed by atoms with van der Waals surface area (Å²) in [6, 6.07) is 23.7. The number of anilines is 1. The lowest BCUT2D eigenvalue weighted by Gasteiger charge is -2.13. The van der Waals surface area contributed by atoms with Crippen LogP contribution in [0.1, 0.15) is 11.1 Å². The predicted molar refractivity (Wildman–Crippen MR) is 103 cm³/mol. The molecule has 0 unspecified atom stereocenters. The fourth-order valence-electron chi connectivity index (χ4n) is 2.44. The predicted octanol–water partition coefficient (Wildman–Crippen LogP) is 5.54. The number of nitrogens with one attached hydrogen (secondary N) is 1. The Kier molecular flexibility index (Phi) is 5.81. The van der Waals surface area contributed by atoms with Gasteiger partial charge in [0.1, 0.15) is 6.61 Å². The molecule has 0 fully saturated rings. The third-order valence-electron chi connectivity index (χ3n) is 3.81. The van der Waals surface area contributed by atoms with Crippen LogP contribution in [-0.4, -0.2) is 7.11 Å². The Morgan fingerprint density at radius 3 is 2.28 bits per heavy atom. The molecule has 0 aliphatic carbocycles. The van der Waals surface area contributed by atoms with Crippen molar-refractivity contribution in [3.05, 3.63) is 88.9 Å². The van der Waals surface area contributed by atoms with Gasteiger partial charge in [0.2, 0.25) is 0 Å². The van der Waals surface area contributed by atoms with Gasteiger partial charge in [-0.3, -0.25) is 0 Å². The van der Waals surface area contributed by atoms with Crippen molar-refractivity contribution in [3.8, 4) is 11.5 Å². The number of benzene rings is 3. The number of halogens is 1. The zero-order valence-corrected chi connectivity index (χ0v) is 14.8. The first-order chi connectivity index (χ1) is 12.2. The van der Waals surface area contributed by atoms with E-state index in [1.807, 2.05) is 72.8 Å². The van der Waals surface area contributed by atoms with E-state index < -0.39 is 0 Å². The van der Waals surface area contributed by atoms with Crippen LogP contribution in [0.5, 0.6) is 11.5 Å². The van der Waals surface area contributed by atoms with Crippen LogP contribution < -0.4 is 14.8 Å². The maximum Gasteiger partial charge on any atom is 0.161 e. The summed E-state index contributed by atoms with van der Waals surface area (Å²) in [6.45, 7) is 1.19. The molecule has 25 heavy (non-hydrogen) atoms. The number of rotatable bonds is 7. The van der Waals surface area contributed by atoms with Crippen molar-refractivity contribution in [2.24, 2.45) is 0 Å². The van der Waals surface area contributed by atoms with E-state index in [0.29, 0.717) is 6.61 Å². The van der Waals surface area contributed by atoms with Crippen LogP contribution in [-0.2, 0) is 13.2 Å². The molecule has 0 aliphatic heterocycles. The molecule has 3 aromatic rings. The van der Waals surface area contributed by atoms with Crippen molar-refractivity contribution >= 4 is 17.3 Å². The van der Waals surface area contributed by atoms with Crippen LogP contribution in [0.15, 0.2) is 72.8 Å². The third-order valence-corrected chi connectivity index (χ3v) is 4.06. The average Bonchev–Trinajstić information content (AvgIpc) is 2.67. The molecule has 0 heterocycles. The van der Waals surface area contributed by atoms with Crippen LogP contribution in [0.25, 0.3) is 0 Å².